The smallest absolute Gasteiger partial charge is 0.211 e. The summed E-state index contributed by atoms with van der Waals surface area (Å²) >= 11 is 0. The minimum absolute atomic E-state index is 0.163. The van der Waals surface area contributed by atoms with Crippen LogP contribution in [0.4, 0.5) is 0 Å². The number of hydrogen-bond acceptors (Lipinski definition) is 12. The summed E-state index contributed by atoms with van der Waals surface area (Å²) in [7, 11) is 0. The van der Waals surface area contributed by atoms with Gasteiger partial charge in [-0.25, -0.2) is 43.7 Å². The van der Waals surface area contributed by atoms with Crippen molar-refractivity contribution < 1.29 is 28.8 Å². The Kier molecular flexibility index (Phi) is 10.9. The zero-order valence-electron chi connectivity index (χ0n) is 13.5. The molecule has 0 radical (unpaired) electrons. The lowest BCUT2D eigenvalue weighted by Crippen LogP contribution is -2.57. The lowest BCUT2D eigenvalue weighted by molar-refractivity contribution is 0.243. The standard InChI is InChI=1S/C14H12N6O6/c1-11(17-7-23)14(20-10-26,13(19-9-25)4-16-6-22)12(18-8-24)2-3-15-5-21/h11-13H,2-4H2,1H3. The first kappa shape index (κ1) is 22.3. The van der Waals surface area contributed by atoms with Crippen LogP contribution >= 0.6 is 0 Å². The van der Waals surface area contributed by atoms with Gasteiger partial charge in [0.1, 0.15) is 11.6 Å². The van der Waals surface area contributed by atoms with Gasteiger partial charge in [0.05, 0.1) is 25.2 Å². The van der Waals surface area contributed by atoms with Gasteiger partial charge in [-0.15, -0.1) is 0 Å². The van der Waals surface area contributed by atoms with Gasteiger partial charge in [0.2, 0.25) is 36.5 Å². The summed E-state index contributed by atoms with van der Waals surface area (Å²) in [6.45, 7) is 0.603. The van der Waals surface area contributed by atoms with Crippen LogP contribution in [0.5, 0.6) is 0 Å². The molecular formula is C14H12N6O6. The van der Waals surface area contributed by atoms with Crippen molar-refractivity contribution in [1.82, 2.24) is 0 Å². The van der Waals surface area contributed by atoms with E-state index in [-0.39, 0.29) is 13.0 Å². The SMILES string of the molecule is CC(N=C=O)C(N=C=O)(C(CCN=C=O)N=C=O)C(CN=C=O)N=C=O. The topological polar surface area (TPSA) is 177 Å². The predicted octanol–water partition coefficient (Wildman–Crippen LogP) is -0.744. The van der Waals surface area contributed by atoms with Gasteiger partial charge in [-0.3, -0.25) is 0 Å². The molecule has 0 heterocycles. The molecule has 134 valence electrons. The van der Waals surface area contributed by atoms with Gasteiger partial charge in [0.15, 0.2) is 0 Å². The van der Waals surface area contributed by atoms with Crippen molar-refractivity contribution >= 4 is 36.5 Å². The van der Waals surface area contributed by atoms with Crippen LogP contribution in [0.1, 0.15) is 13.3 Å². The molecule has 0 saturated carbocycles. The quantitative estimate of drug-likeness (QED) is 0.326. The number of aliphatic imine (C=N–C) groups is 6. The number of hydrogen-bond donors (Lipinski definition) is 0. The van der Waals surface area contributed by atoms with E-state index < -0.39 is 30.2 Å². The molecule has 0 aliphatic heterocycles. The molecule has 0 saturated heterocycles. The maximum absolute atomic E-state index is 11.0. The fourth-order valence-corrected chi connectivity index (χ4v) is 2.46. The monoisotopic (exact) mass is 360 g/mol. The van der Waals surface area contributed by atoms with Crippen LogP contribution in [0.2, 0.25) is 0 Å². The second kappa shape index (κ2) is 12.7. The van der Waals surface area contributed by atoms with Crippen LogP contribution in [0.15, 0.2) is 30.0 Å². The summed E-state index contributed by atoms with van der Waals surface area (Å²) in [4.78, 5) is 84.6. The minimum Gasteiger partial charge on any atom is -0.211 e. The lowest BCUT2D eigenvalue weighted by atomic mass is 9.76. The third-order valence-electron chi connectivity index (χ3n) is 3.55. The summed E-state index contributed by atoms with van der Waals surface area (Å²) in [6.07, 6.45) is 7.34. The van der Waals surface area contributed by atoms with E-state index in [9.17, 15) is 28.8 Å². The molecule has 0 N–H and O–H groups in total. The van der Waals surface area contributed by atoms with Crippen molar-refractivity contribution in [3.8, 4) is 0 Å². The molecule has 4 unspecified atom stereocenters. The summed E-state index contributed by atoms with van der Waals surface area (Å²) in [5.41, 5.74) is -1.95. The Labute approximate surface area is 146 Å². The van der Waals surface area contributed by atoms with Gasteiger partial charge in [0.25, 0.3) is 0 Å². The molecule has 0 aromatic carbocycles. The Hall–Kier alpha value is -3.72. The van der Waals surface area contributed by atoms with E-state index in [0.29, 0.717) is 0 Å². The zero-order chi connectivity index (χ0) is 19.8. The van der Waals surface area contributed by atoms with E-state index in [1.807, 2.05) is 0 Å². The highest BCUT2D eigenvalue weighted by Gasteiger charge is 2.51. The molecule has 0 rings (SSSR count). The molecule has 0 aromatic heterocycles. The van der Waals surface area contributed by atoms with E-state index in [1.165, 1.54) is 43.4 Å². The van der Waals surface area contributed by atoms with Gasteiger partial charge in [0, 0.05) is 0 Å². The number of rotatable bonds is 12. The van der Waals surface area contributed by atoms with E-state index in [2.05, 4.69) is 30.0 Å². The fraction of sp³-hybridized carbons (Fsp3) is 0.571. The molecule has 0 aliphatic carbocycles. The first-order valence-corrected chi connectivity index (χ1v) is 6.96. The van der Waals surface area contributed by atoms with Crippen molar-refractivity contribution in [3.05, 3.63) is 0 Å². The van der Waals surface area contributed by atoms with Crippen LogP contribution in [-0.4, -0.2) is 73.2 Å². The molecule has 26 heavy (non-hydrogen) atoms. The lowest BCUT2D eigenvalue weighted by Gasteiger charge is -2.38. The average molecular weight is 360 g/mol. The maximum Gasteiger partial charge on any atom is 0.235 e. The zero-order valence-corrected chi connectivity index (χ0v) is 13.5. The number of isocyanates is 6. The van der Waals surface area contributed by atoms with Crippen molar-refractivity contribution in [3.63, 3.8) is 0 Å². The van der Waals surface area contributed by atoms with Gasteiger partial charge in [-0.05, 0) is 13.3 Å². The Balaban J connectivity index is 6.71. The minimum atomic E-state index is -1.95. The molecule has 0 aliphatic rings. The molecule has 4 atom stereocenters. The summed E-state index contributed by atoms with van der Waals surface area (Å²) < 4.78 is 0. The largest absolute Gasteiger partial charge is 0.235 e. The van der Waals surface area contributed by atoms with Crippen LogP contribution in [0, 0.1) is 0 Å². The Morgan fingerprint density at radius 1 is 0.731 bits per heavy atom. The van der Waals surface area contributed by atoms with Crippen molar-refractivity contribution in [2.75, 3.05) is 13.1 Å². The Morgan fingerprint density at radius 3 is 1.81 bits per heavy atom. The molecule has 12 nitrogen and oxygen atoms in total. The van der Waals surface area contributed by atoms with Gasteiger partial charge in [-0.1, -0.05) is 0 Å². The van der Waals surface area contributed by atoms with Gasteiger partial charge >= 0.3 is 0 Å². The third-order valence-corrected chi connectivity index (χ3v) is 3.55. The van der Waals surface area contributed by atoms with Gasteiger partial charge in [-0.2, -0.15) is 15.0 Å². The third kappa shape index (κ3) is 5.73. The Bertz CT molecular complexity index is 776. The predicted molar refractivity (Wildman–Crippen MR) is 82.8 cm³/mol. The molecular weight excluding hydrogens is 348 g/mol. The number of nitrogens with zero attached hydrogens (tertiary/aromatic N) is 6. The normalized spacial score (nSPS) is 14.7. The van der Waals surface area contributed by atoms with Gasteiger partial charge < -0.3 is 0 Å². The Morgan fingerprint density at radius 2 is 1.31 bits per heavy atom. The highest BCUT2D eigenvalue weighted by molar-refractivity contribution is 5.43. The van der Waals surface area contributed by atoms with Crippen molar-refractivity contribution in [2.24, 2.45) is 30.0 Å². The van der Waals surface area contributed by atoms with E-state index in [4.69, 9.17) is 0 Å². The number of carbonyl (C=O) groups excluding carboxylic acids is 6. The van der Waals surface area contributed by atoms with Crippen LogP contribution in [0.3, 0.4) is 0 Å². The molecule has 0 aromatic rings. The second-order valence-electron chi connectivity index (χ2n) is 4.65. The molecule has 0 amide bonds. The molecule has 0 bridgehead atoms. The highest BCUT2D eigenvalue weighted by Crippen LogP contribution is 2.33. The van der Waals surface area contributed by atoms with Crippen LogP contribution in [-0.2, 0) is 28.8 Å². The fourth-order valence-electron chi connectivity index (χ4n) is 2.46. The second-order valence-corrected chi connectivity index (χ2v) is 4.65. The summed E-state index contributed by atoms with van der Waals surface area (Å²) in [6, 6.07) is -3.89. The highest BCUT2D eigenvalue weighted by atomic mass is 16.1. The van der Waals surface area contributed by atoms with E-state index in [1.54, 1.807) is 0 Å². The first-order chi connectivity index (χ1) is 12.6. The maximum atomic E-state index is 11.0. The van der Waals surface area contributed by atoms with Crippen LogP contribution < -0.4 is 0 Å². The van der Waals surface area contributed by atoms with E-state index in [0.717, 1.165) is 0 Å². The molecule has 12 heteroatoms. The summed E-state index contributed by atoms with van der Waals surface area (Å²) in [5, 5.41) is 0. The summed E-state index contributed by atoms with van der Waals surface area (Å²) in [5.74, 6) is 0. The first-order valence-electron chi connectivity index (χ1n) is 6.96. The van der Waals surface area contributed by atoms with Crippen molar-refractivity contribution in [2.45, 2.75) is 37.0 Å². The average Bonchev–Trinajstić information content (AvgIpc) is 2.63. The molecule has 0 fully saturated rings. The molecule has 0 spiro atoms. The van der Waals surface area contributed by atoms with E-state index >= 15 is 0 Å². The van der Waals surface area contributed by atoms with Crippen molar-refractivity contribution in [1.29, 1.82) is 0 Å². The van der Waals surface area contributed by atoms with Crippen LogP contribution in [0.25, 0.3) is 0 Å².